The summed E-state index contributed by atoms with van der Waals surface area (Å²) in [6, 6.07) is 5.45. The normalized spacial score (nSPS) is 14.9. The van der Waals surface area contributed by atoms with E-state index in [9.17, 15) is 8.78 Å². The van der Waals surface area contributed by atoms with E-state index < -0.39 is 12.3 Å². The Morgan fingerprint density at radius 3 is 2.65 bits per heavy atom. The minimum Gasteiger partial charge on any atom is -0.490 e. The molecule has 0 saturated heterocycles. The average molecular weight is 239 g/mol. The van der Waals surface area contributed by atoms with E-state index in [0.717, 1.165) is 6.42 Å². The van der Waals surface area contributed by atoms with Gasteiger partial charge in [-0.05, 0) is 18.2 Å². The summed E-state index contributed by atoms with van der Waals surface area (Å²) in [5.74, 6) is -2.36. The van der Waals surface area contributed by atoms with Crippen LogP contribution in [0.25, 0.3) is 0 Å². The zero-order valence-electron chi connectivity index (χ0n) is 9.08. The van der Waals surface area contributed by atoms with Crippen LogP contribution in [0.5, 0.6) is 11.5 Å². The fourth-order valence-electron chi connectivity index (χ4n) is 1.59. The number of ether oxygens (including phenoxy) is 2. The summed E-state index contributed by atoms with van der Waals surface area (Å²) in [7, 11) is 0. The van der Waals surface area contributed by atoms with Crippen molar-refractivity contribution in [1.82, 2.24) is 0 Å². The lowest BCUT2D eigenvalue weighted by Crippen LogP contribution is -2.12. The lowest BCUT2D eigenvalue weighted by atomic mass is 10.1. The highest BCUT2D eigenvalue weighted by atomic mass is 19.3. The fraction of sp³-hybridized carbons (Fsp3) is 0.417. The number of fused-ring (bicyclic) bond motifs is 1. The van der Waals surface area contributed by atoms with Gasteiger partial charge in [-0.3, -0.25) is 0 Å². The molecule has 5 heteroatoms. The van der Waals surface area contributed by atoms with Gasteiger partial charge in [0.2, 0.25) is 0 Å². The van der Waals surface area contributed by atoms with E-state index in [0.29, 0.717) is 24.7 Å². The molecule has 0 spiro atoms. The quantitative estimate of drug-likeness (QED) is 0.796. The van der Waals surface area contributed by atoms with E-state index in [1.54, 1.807) is 0 Å². The lowest BCUT2D eigenvalue weighted by Gasteiger charge is -2.15. The third kappa shape index (κ3) is 2.47. The van der Waals surface area contributed by atoms with Crippen LogP contribution in [-0.2, 0) is 5.92 Å². The highest BCUT2D eigenvalue weighted by Crippen LogP contribution is 2.38. The molecular formula is C12H11F2NO2. The SMILES string of the molecule is N#CCC(F)(F)c1ccc2c(c1)OCCCO2. The molecule has 3 nitrogen and oxygen atoms in total. The summed E-state index contributed by atoms with van der Waals surface area (Å²) in [5, 5.41) is 8.36. The van der Waals surface area contributed by atoms with E-state index in [1.165, 1.54) is 24.3 Å². The molecule has 0 saturated carbocycles. The van der Waals surface area contributed by atoms with Gasteiger partial charge in [0.25, 0.3) is 5.92 Å². The smallest absolute Gasteiger partial charge is 0.286 e. The zero-order valence-corrected chi connectivity index (χ0v) is 9.08. The molecule has 0 aromatic heterocycles. The minimum absolute atomic E-state index is 0.219. The Hall–Kier alpha value is -1.83. The van der Waals surface area contributed by atoms with E-state index in [4.69, 9.17) is 14.7 Å². The van der Waals surface area contributed by atoms with Gasteiger partial charge in [0.1, 0.15) is 6.42 Å². The van der Waals surface area contributed by atoms with Crippen molar-refractivity contribution in [2.45, 2.75) is 18.8 Å². The maximum absolute atomic E-state index is 13.5. The first-order chi connectivity index (χ1) is 8.13. The van der Waals surface area contributed by atoms with Crippen LogP contribution >= 0.6 is 0 Å². The summed E-state index contributed by atoms with van der Waals surface area (Å²) in [6.07, 6.45) is -0.120. The Morgan fingerprint density at radius 1 is 1.24 bits per heavy atom. The van der Waals surface area contributed by atoms with E-state index in [1.807, 2.05) is 0 Å². The molecule has 90 valence electrons. The molecule has 1 heterocycles. The van der Waals surface area contributed by atoms with Crippen molar-refractivity contribution < 1.29 is 18.3 Å². The first-order valence-electron chi connectivity index (χ1n) is 5.28. The molecule has 0 amide bonds. The standard InChI is InChI=1S/C12H11F2NO2/c13-12(14,4-5-15)9-2-3-10-11(8-9)17-7-1-6-16-10/h2-3,8H,1,4,6-7H2. The lowest BCUT2D eigenvalue weighted by molar-refractivity contribution is 0.000694. The molecule has 1 aromatic carbocycles. The predicted molar refractivity (Wildman–Crippen MR) is 56.2 cm³/mol. The van der Waals surface area contributed by atoms with Crippen molar-refractivity contribution in [2.24, 2.45) is 0 Å². The van der Waals surface area contributed by atoms with Crippen LogP contribution in [0, 0.1) is 11.3 Å². The number of nitrogens with zero attached hydrogens (tertiary/aromatic N) is 1. The number of halogens is 2. The minimum atomic E-state index is -3.15. The maximum atomic E-state index is 13.5. The molecular weight excluding hydrogens is 228 g/mol. The van der Waals surface area contributed by atoms with Crippen LogP contribution in [0.3, 0.4) is 0 Å². The summed E-state index contributed by atoms with van der Waals surface area (Å²) in [5.41, 5.74) is -0.219. The van der Waals surface area contributed by atoms with Crippen LogP contribution in [-0.4, -0.2) is 13.2 Å². The van der Waals surface area contributed by atoms with Crippen molar-refractivity contribution in [3.63, 3.8) is 0 Å². The molecule has 1 aliphatic heterocycles. The van der Waals surface area contributed by atoms with E-state index in [-0.39, 0.29) is 5.56 Å². The van der Waals surface area contributed by atoms with Gasteiger partial charge in [0.15, 0.2) is 11.5 Å². The summed E-state index contributed by atoms with van der Waals surface area (Å²) in [6.45, 7) is 0.960. The number of hydrogen-bond acceptors (Lipinski definition) is 3. The highest BCUT2D eigenvalue weighted by molar-refractivity contribution is 5.44. The number of hydrogen-bond donors (Lipinski definition) is 0. The van der Waals surface area contributed by atoms with Crippen LogP contribution in [0.1, 0.15) is 18.4 Å². The van der Waals surface area contributed by atoms with Crippen LogP contribution in [0.4, 0.5) is 8.78 Å². The Balaban J connectivity index is 2.33. The second-order valence-corrected chi connectivity index (χ2v) is 3.75. The van der Waals surface area contributed by atoms with Gasteiger partial charge in [0.05, 0.1) is 19.3 Å². The molecule has 0 unspecified atom stereocenters. The monoisotopic (exact) mass is 239 g/mol. The van der Waals surface area contributed by atoms with Gasteiger partial charge in [0, 0.05) is 12.0 Å². The molecule has 1 aliphatic rings. The van der Waals surface area contributed by atoms with Crippen molar-refractivity contribution in [1.29, 1.82) is 5.26 Å². The topological polar surface area (TPSA) is 42.2 Å². The molecule has 0 fully saturated rings. The Labute approximate surface area is 97.6 Å². The van der Waals surface area contributed by atoms with E-state index in [2.05, 4.69) is 0 Å². The summed E-state index contributed by atoms with van der Waals surface area (Å²) in [4.78, 5) is 0. The number of benzene rings is 1. The molecule has 0 bridgehead atoms. The molecule has 17 heavy (non-hydrogen) atoms. The van der Waals surface area contributed by atoms with Crippen molar-refractivity contribution in [3.8, 4) is 17.6 Å². The zero-order chi connectivity index (χ0) is 12.3. The van der Waals surface area contributed by atoms with Crippen molar-refractivity contribution in [2.75, 3.05) is 13.2 Å². The number of nitriles is 1. The Bertz CT molecular complexity index is 454. The third-order valence-corrected chi connectivity index (χ3v) is 2.47. The van der Waals surface area contributed by atoms with Crippen LogP contribution < -0.4 is 9.47 Å². The number of alkyl halides is 2. The maximum Gasteiger partial charge on any atom is 0.286 e. The van der Waals surface area contributed by atoms with Gasteiger partial charge in [-0.25, -0.2) is 8.78 Å². The molecule has 0 atom stereocenters. The van der Waals surface area contributed by atoms with Gasteiger partial charge in [-0.2, -0.15) is 5.26 Å². The Morgan fingerprint density at radius 2 is 1.94 bits per heavy atom. The molecule has 0 N–H and O–H groups in total. The predicted octanol–water partition coefficient (Wildman–Crippen LogP) is 2.85. The van der Waals surface area contributed by atoms with E-state index >= 15 is 0 Å². The molecule has 0 radical (unpaired) electrons. The highest BCUT2D eigenvalue weighted by Gasteiger charge is 2.32. The van der Waals surface area contributed by atoms with Crippen molar-refractivity contribution in [3.05, 3.63) is 23.8 Å². The van der Waals surface area contributed by atoms with Crippen molar-refractivity contribution >= 4 is 0 Å². The molecule has 1 aromatic rings. The van der Waals surface area contributed by atoms with Gasteiger partial charge >= 0.3 is 0 Å². The van der Waals surface area contributed by atoms with Gasteiger partial charge in [-0.1, -0.05) is 0 Å². The molecule has 0 aliphatic carbocycles. The Kier molecular flexibility index (Phi) is 3.14. The summed E-state index contributed by atoms with van der Waals surface area (Å²) < 4.78 is 37.7. The number of rotatable bonds is 2. The van der Waals surface area contributed by atoms with Gasteiger partial charge in [-0.15, -0.1) is 0 Å². The third-order valence-electron chi connectivity index (χ3n) is 2.47. The first-order valence-corrected chi connectivity index (χ1v) is 5.28. The first kappa shape index (κ1) is 11.6. The average Bonchev–Trinajstić information content (AvgIpc) is 2.52. The summed E-state index contributed by atoms with van der Waals surface area (Å²) >= 11 is 0. The second-order valence-electron chi connectivity index (χ2n) is 3.75. The van der Waals surface area contributed by atoms with Crippen LogP contribution in [0.2, 0.25) is 0 Å². The van der Waals surface area contributed by atoms with Gasteiger partial charge < -0.3 is 9.47 Å². The second kappa shape index (κ2) is 4.58. The fourth-order valence-corrected chi connectivity index (χ4v) is 1.59. The largest absolute Gasteiger partial charge is 0.490 e. The van der Waals surface area contributed by atoms with Crippen LogP contribution in [0.15, 0.2) is 18.2 Å². The molecule has 2 rings (SSSR count).